The molecule has 27 heavy (non-hydrogen) atoms. The van der Waals surface area contributed by atoms with E-state index in [4.69, 9.17) is 9.47 Å². The van der Waals surface area contributed by atoms with E-state index in [1.165, 1.54) is 24.3 Å². The first-order valence-corrected chi connectivity index (χ1v) is 9.95. The Morgan fingerprint density at radius 3 is 2.19 bits per heavy atom. The molecule has 0 saturated heterocycles. The number of carbonyl (C=O) groups is 1. The number of hydrogen-bond acceptors (Lipinski definition) is 5. The Bertz CT molecular complexity index is 847. The van der Waals surface area contributed by atoms with E-state index in [9.17, 15) is 13.2 Å². The number of nitrogens with one attached hydrogen (secondary N) is 2. The highest BCUT2D eigenvalue weighted by atomic mass is 32.2. The number of anilines is 1. The smallest absolute Gasteiger partial charge is 0.255 e. The minimum atomic E-state index is -3.58. The zero-order valence-corrected chi connectivity index (χ0v) is 16.4. The molecule has 0 unspecified atom stereocenters. The van der Waals surface area contributed by atoms with Gasteiger partial charge in [-0.1, -0.05) is 0 Å². The van der Waals surface area contributed by atoms with Crippen molar-refractivity contribution in [3.05, 3.63) is 54.1 Å². The maximum absolute atomic E-state index is 12.3. The van der Waals surface area contributed by atoms with E-state index in [1.807, 2.05) is 0 Å². The van der Waals surface area contributed by atoms with Gasteiger partial charge in [0.05, 0.1) is 11.5 Å². The molecule has 0 bridgehead atoms. The molecule has 0 radical (unpaired) electrons. The van der Waals surface area contributed by atoms with Crippen molar-refractivity contribution < 1.29 is 22.7 Å². The average Bonchev–Trinajstić information content (AvgIpc) is 2.62. The predicted molar refractivity (Wildman–Crippen MR) is 104 cm³/mol. The van der Waals surface area contributed by atoms with E-state index >= 15 is 0 Å². The highest BCUT2D eigenvalue weighted by Gasteiger charge is 2.16. The highest BCUT2D eigenvalue weighted by molar-refractivity contribution is 7.89. The van der Waals surface area contributed by atoms with Crippen LogP contribution in [0.4, 0.5) is 5.69 Å². The van der Waals surface area contributed by atoms with Crippen LogP contribution in [-0.2, 0) is 14.8 Å². The van der Waals surface area contributed by atoms with Gasteiger partial charge in [-0.2, -0.15) is 0 Å². The van der Waals surface area contributed by atoms with Crippen molar-refractivity contribution in [1.29, 1.82) is 0 Å². The number of methoxy groups -OCH3 is 1. The molecule has 0 atom stereocenters. The zero-order valence-electron chi connectivity index (χ0n) is 15.6. The Morgan fingerprint density at radius 1 is 1.00 bits per heavy atom. The van der Waals surface area contributed by atoms with Crippen LogP contribution in [0.15, 0.2) is 53.4 Å². The number of ether oxygens (including phenoxy) is 2. The van der Waals surface area contributed by atoms with Crippen molar-refractivity contribution in [2.45, 2.75) is 24.8 Å². The molecule has 2 rings (SSSR count). The lowest BCUT2D eigenvalue weighted by atomic mass is 10.2. The topological polar surface area (TPSA) is 93.7 Å². The summed E-state index contributed by atoms with van der Waals surface area (Å²) >= 11 is 0. The van der Waals surface area contributed by atoms with Gasteiger partial charge in [-0.25, -0.2) is 13.1 Å². The fraction of sp³-hybridized carbons (Fsp3) is 0.316. The van der Waals surface area contributed by atoms with Crippen molar-refractivity contribution in [2.24, 2.45) is 0 Å². The van der Waals surface area contributed by atoms with E-state index < -0.39 is 10.0 Å². The molecule has 0 fully saturated rings. The number of sulfonamides is 1. The third-order valence-corrected chi connectivity index (χ3v) is 5.16. The van der Waals surface area contributed by atoms with Gasteiger partial charge >= 0.3 is 0 Å². The number of hydrogen-bond donors (Lipinski definition) is 2. The molecule has 2 aromatic rings. The van der Waals surface area contributed by atoms with Gasteiger partial charge in [-0.15, -0.1) is 0 Å². The summed E-state index contributed by atoms with van der Waals surface area (Å²) in [4.78, 5) is 12.4. The van der Waals surface area contributed by atoms with Crippen molar-refractivity contribution in [1.82, 2.24) is 4.72 Å². The second kappa shape index (κ2) is 9.50. The van der Waals surface area contributed by atoms with Gasteiger partial charge in [0.25, 0.3) is 5.91 Å². The molecular weight excluding hydrogens is 368 g/mol. The third-order valence-electron chi connectivity index (χ3n) is 3.49. The summed E-state index contributed by atoms with van der Waals surface area (Å²) in [6.07, 6.45) is 0. The monoisotopic (exact) mass is 392 g/mol. The van der Waals surface area contributed by atoms with Crippen molar-refractivity contribution in [3.8, 4) is 5.75 Å². The number of amides is 1. The lowest BCUT2D eigenvalue weighted by Gasteiger charge is -2.10. The van der Waals surface area contributed by atoms with Crippen LogP contribution in [0.25, 0.3) is 0 Å². The molecule has 2 aromatic carbocycles. The van der Waals surface area contributed by atoms with E-state index in [-0.39, 0.29) is 16.8 Å². The summed E-state index contributed by atoms with van der Waals surface area (Å²) in [6, 6.07) is 12.5. The molecule has 0 heterocycles. The molecule has 2 N–H and O–H groups in total. The maximum atomic E-state index is 12.3. The van der Waals surface area contributed by atoms with Crippen molar-refractivity contribution >= 4 is 21.6 Å². The quantitative estimate of drug-likeness (QED) is 0.640. The second-order valence-electron chi connectivity index (χ2n) is 6.12. The van der Waals surface area contributed by atoms with E-state index in [0.717, 1.165) is 0 Å². The summed E-state index contributed by atoms with van der Waals surface area (Å²) in [5.41, 5.74) is 0.969. The molecule has 0 spiro atoms. The van der Waals surface area contributed by atoms with Crippen LogP contribution in [0.2, 0.25) is 0 Å². The number of carbonyl (C=O) groups excluding carboxylic acids is 1. The lowest BCUT2D eigenvalue weighted by Crippen LogP contribution is -2.30. The Hall–Kier alpha value is -2.42. The zero-order chi connectivity index (χ0) is 19.9. The van der Waals surface area contributed by atoms with Gasteiger partial charge < -0.3 is 14.8 Å². The van der Waals surface area contributed by atoms with Gasteiger partial charge in [-0.3, -0.25) is 4.79 Å². The van der Waals surface area contributed by atoms with Gasteiger partial charge in [0, 0.05) is 24.4 Å². The normalized spacial score (nSPS) is 11.4. The minimum absolute atomic E-state index is 0.116. The molecular formula is C19H24N2O5S. The first-order chi connectivity index (χ1) is 12.8. The summed E-state index contributed by atoms with van der Waals surface area (Å²) in [5, 5.41) is 2.76. The number of benzene rings is 2. The molecule has 1 amide bonds. The van der Waals surface area contributed by atoms with Crippen LogP contribution in [0, 0.1) is 0 Å². The summed E-state index contributed by atoms with van der Waals surface area (Å²) < 4.78 is 37.1. The molecule has 8 heteroatoms. The minimum Gasteiger partial charge on any atom is -0.491 e. The van der Waals surface area contributed by atoms with Gasteiger partial charge in [0.15, 0.2) is 0 Å². The molecule has 146 valence electrons. The largest absolute Gasteiger partial charge is 0.491 e. The summed E-state index contributed by atoms with van der Waals surface area (Å²) in [5.74, 6) is 0.348. The predicted octanol–water partition coefficient (Wildman–Crippen LogP) is 2.65. The Balaban J connectivity index is 2.00. The van der Waals surface area contributed by atoms with Crippen molar-refractivity contribution in [3.63, 3.8) is 0 Å². The van der Waals surface area contributed by atoms with E-state index in [2.05, 4.69) is 10.0 Å². The third kappa shape index (κ3) is 6.35. The van der Waals surface area contributed by atoms with Crippen LogP contribution in [0.5, 0.6) is 5.75 Å². The fourth-order valence-electron chi connectivity index (χ4n) is 2.24. The Labute approximate surface area is 159 Å². The van der Waals surface area contributed by atoms with Crippen LogP contribution < -0.4 is 14.8 Å². The van der Waals surface area contributed by atoms with Gasteiger partial charge in [-0.05, 0) is 62.4 Å². The summed E-state index contributed by atoms with van der Waals surface area (Å²) in [7, 11) is -1.98. The highest BCUT2D eigenvalue weighted by Crippen LogP contribution is 2.17. The molecule has 0 aliphatic heterocycles. The maximum Gasteiger partial charge on any atom is 0.255 e. The second-order valence-corrected chi connectivity index (χ2v) is 7.83. The Kier molecular flexibility index (Phi) is 7.35. The molecule has 7 nitrogen and oxygen atoms in total. The molecule has 0 aliphatic carbocycles. The fourth-order valence-corrected chi connectivity index (χ4v) is 3.50. The van der Waals surface area contributed by atoms with Crippen LogP contribution >= 0.6 is 0 Å². The standard InChI is InChI=1S/C19H24N2O5S/c1-14(2)21-27(23,24)18-10-4-15(5-11-18)19(22)20-16-6-8-17(9-7-16)26-13-12-25-3/h4-11,14,21H,12-13H2,1-3H3,(H,20,22). The molecule has 0 aliphatic rings. The van der Waals surface area contributed by atoms with E-state index in [1.54, 1.807) is 45.2 Å². The van der Waals surface area contributed by atoms with Crippen LogP contribution in [0.3, 0.4) is 0 Å². The molecule has 0 saturated carbocycles. The average molecular weight is 392 g/mol. The van der Waals surface area contributed by atoms with Gasteiger partial charge in [0.1, 0.15) is 12.4 Å². The first kappa shape index (κ1) is 20.9. The SMILES string of the molecule is COCCOc1ccc(NC(=O)c2ccc(S(=O)(=O)NC(C)C)cc2)cc1. The lowest BCUT2D eigenvalue weighted by molar-refractivity contribution is 0.102. The van der Waals surface area contributed by atoms with Crippen molar-refractivity contribution in [2.75, 3.05) is 25.6 Å². The number of rotatable bonds is 9. The Morgan fingerprint density at radius 2 is 1.63 bits per heavy atom. The van der Waals surface area contributed by atoms with Crippen LogP contribution in [0.1, 0.15) is 24.2 Å². The van der Waals surface area contributed by atoms with Gasteiger partial charge in [0.2, 0.25) is 10.0 Å². The molecule has 0 aromatic heterocycles. The first-order valence-electron chi connectivity index (χ1n) is 8.47. The summed E-state index contributed by atoms with van der Waals surface area (Å²) in [6.45, 7) is 4.43. The van der Waals surface area contributed by atoms with E-state index in [0.29, 0.717) is 30.2 Å². The van der Waals surface area contributed by atoms with Crippen LogP contribution in [-0.4, -0.2) is 40.7 Å².